The second-order valence-electron chi connectivity index (χ2n) is 5.82. The summed E-state index contributed by atoms with van der Waals surface area (Å²) in [4.78, 5) is 0. The lowest BCUT2D eigenvalue weighted by Gasteiger charge is -2.33. The summed E-state index contributed by atoms with van der Waals surface area (Å²) in [7, 11) is 0. The van der Waals surface area contributed by atoms with Gasteiger partial charge < -0.3 is 10.2 Å². The third kappa shape index (κ3) is 2.76. The predicted octanol–water partition coefficient (Wildman–Crippen LogP) is 2.80. The highest BCUT2D eigenvalue weighted by Crippen LogP contribution is 2.38. The highest BCUT2D eigenvalue weighted by Gasteiger charge is 2.34. The van der Waals surface area contributed by atoms with Gasteiger partial charge in [-0.3, -0.25) is 0 Å². The van der Waals surface area contributed by atoms with Gasteiger partial charge >= 0.3 is 0 Å². The van der Waals surface area contributed by atoms with E-state index in [9.17, 15) is 10.2 Å². The number of aryl methyl sites for hydroxylation is 1. The maximum absolute atomic E-state index is 9.82. The Bertz CT molecular complexity index is 376. The van der Waals surface area contributed by atoms with Gasteiger partial charge in [0.25, 0.3) is 0 Å². The SMILES string of the molecule is Cc1cccc(C(CO)(CO)CC2CCCC2)c1. The van der Waals surface area contributed by atoms with Gasteiger partial charge in [0, 0.05) is 5.41 Å². The molecule has 1 saturated carbocycles. The van der Waals surface area contributed by atoms with E-state index < -0.39 is 5.41 Å². The van der Waals surface area contributed by atoms with E-state index in [-0.39, 0.29) is 13.2 Å². The molecular formula is C16H24O2. The molecule has 1 aromatic rings. The summed E-state index contributed by atoms with van der Waals surface area (Å²) in [5.41, 5.74) is 1.81. The molecule has 2 rings (SSSR count). The molecule has 1 fully saturated rings. The van der Waals surface area contributed by atoms with Crippen LogP contribution >= 0.6 is 0 Å². The first-order valence-electron chi connectivity index (χ1n) is 6.99. The minimum Gasteiger partial charge on any atom is -0.395 e. The monoisotopic (exact) mass is 248 g/mol. The zero-order valence-electron chi connectivity index (χ0n) is 11.2. The number of benzene rings is 1. The molecular weight excluding hydrogens is 224 g/mol. The van der Waals surface area contributed by atoms with Crippen LogP contribution in [0.1, 0.15) is 43.2 Å². The molecule has 0 atom stereocenters. The Labute approximate surface area is 110 Å². The Balaban J connectivity index is 2.24. The van der Waals surface area contributed by atoms with Crippen LogP contribution in [0.3, 0.4) is 0 Å². The number of aliphatic hydroxyl groups is 2. The van der Waals surface area contributed by atoms with E-state index in [1.165, 1.54) is 31.2 Å². The Kier molecular flexibility index (Phi) is 4.41. The molecule has 2 nitrogen and oxygen atoms in total. The summed E-state index contributed by atoms with van der Waals surface area (Å²) >= 11 is 0. The van der Waals surface area contributed by atoms with Gasteiger partial charge in [0.05, 0.1) is 13.2 Å². The van der Waals surface area contributed by atoms with Gasteiger partial charge in [-0.15, -0.1) is 0 Å². The number of aliphatic hydroxyl groups excluding tert-OH is 2. The molecule has 0 spiro atoms. The average molecular weight is 248 g/mol. The second kappa shape index (κ2) is 5.85. The number of rotatable bonds is 5. The van der Waals surface area contributed by atoms with Gasteiger partial charge in [0.2, 0.25) is 0 Å². The fraction of sp³-hybridized carbons (Fsp3) is 0.625. The van der Waals surface area contributed by atoms with Crippen LogP contribution in [-0.2, 0) is 5.41 Å². The van der Waals surface area contributed by atoms with Crippen molar-refractivity contribution in [2.75, 3.05) is 13.2 Å². The second-order valence-corrected chi connectivity index (χ2v) is 5.82. The highest BCUT2D eigenvalue weighted by atomic mass is 16.3. The summed E-state index contributed by atoms with van der Waals surface area (Å²) in [6.07, 6.45) is 5.99. The Morgan fingerprint density at radius 1 is 1.17 bits per heavy atom. The van der Waals surface area contributed by atoms with E-state index in [1.807, 2.05) is 12.1 Å². The molecule has 0 amide bonds. The summed E-state index contributed by atoms with van der Waals surface area (Å²) in [6.45, 7) is 2.12. The first kappa shape index (κ1) is 13.6. The molecule has 1 aliphatic rings. The lowest BCUT2D eigenvalue weighted by molar-refractivity contribution is 0.0954. The van der Waals surface area contributed by atoms with Gasteiger partial charge in [0.15, 0.2) is 0 Å². The molecule has 0 saturated heterocycles. The third-order valence-corrected chi connectivity index (χ3v) is 4.39. The van der Waals surface area contributed by atoms with Crippen molar-refractivity contribution in [1.82, 2.24) is 0 Å². The molecule has 100 valence electrons. The van der Waals surface area contributed by atoms with Crippen LogP contribution in [0.15, 0.2) is 24.3 Å². The van der Waals surface area contributed by atoms with Gasteiger partial charge in [-0.2, -0.15) is 0 Å². The fourth-order valence-electron chi connectivity index (χ4n) is 3.22. The Morgan fingerprint density at radius 2 is 1.83 bits per heavy atom. The quantitative estimate of drug-likeness (QED) is 0.841. The van der Waals surface area contributed by atoms with Crippen LogP contribution in [0.4, 0.5) is 0 Å². The van der Waals surface area contributed by atoms with Crippen LogP contribution in [0.5, 0.6) is 0 Å². The predicted molar refractivity (Wildman–Crippen MR) is 73.6 cm³/mol. The molecule has 0 radical (unpaired) electrons. The number of hydrogen-bond donors (Lipinski definition) is 2. The van der Waals surface area contributed by atoms with Crippen molar-refractivity contribution in [3.63, 3.8) is 0 Å². The lowest BCUT2D eigenvalue weighted by atomic mass is 9.74. The topological polar surface area (TPSA) is 40.5 Å². The zero-order valence-corrected chi connectivity index (χ0v) is 11.2. The summed E-state index contributed by atoms with van der Waals surface area (Å²) in [5, 5.41) is 19.6. The standard InChI is InChI=1S/C16H24O2/c1-13-5-4-8-15(9-13)16(11-17,12-18)10-14-6-2-3-7-14/h4-5,8-9,14,17-18H,2-3,6-7,10-12H2,1H3. The summed E-state index contributed by atoms with van der Waals surface area (Å²) in [5.74, 6) is 0.657. The van der Waals surface area contributed by atoms with E-state index in [2.05, 4.69) is 19.1 Å². The van der Waals surface area contributed by atoms with Crippen molar-refractivity contribution in [1.29, 1.82) is 0 Å². The highest BCUT2D eigenvalue weighted by molar-refractivity contribution is 5.30. The molecule has 0 aliphatic heterocycles. The van der Waals surface area contributed by atoms with Crippen molar-refractivity contribution in [3.05, 3.63) is 35.4 Å². The van der Waals surface area contributed by atoms with E-state index in [1.54, 1.807) is 0 Å². The van der Waals surface area contributed by atoms with Crippen molar-refractivity contribution < 1.29 is 10.2 Å². The molecule has 2 heteroatoms. The van der Waals surface area contributed by atoms with E-state index >= 15 is 0 Å². The molecule has 1 aliphatic carbocycles. The van der Waals surface area contributed by atoms with Crippen molar-refractivity contribution in [2.45, 2.75) is 44.4 Å². The molecule has 0 unspecified atom stereocenters. The smallest absolute Gasteiger partial charge is 0.0550 e. The van der Waals surface area contributed by atoms with Crippen LogP contribution in [-0.4, -0.2) is 23.4 Å². The minimum absolute atomic E-state index is 0.0312. The van der Waals surface area contributed by atoms with Crippen LogP contribution in [0.25, 0.3) is 0 Å². The maximum Gasteiger partial charge on any atom is 0.0550 e. The van der Waals surface area contributed by atoms with Crippen LogP contribution in [0.2, 0.25) is 0 Å². The van der Waals surface area contributed by atoms with Gasteiger partial charge in [-0.05, 0) is 24.8 Å². The molecule has 0 heterocycles. The third-order valence-electron chi connectivity index (χ3n) is 4.39. The first-order chi connectivity index (χ1) is 8.70. The van der Waals surface area contributed by atoms with Crippen molar-refractivity contribution in [2.24, 2.45) is 5.92 Å². The maximum atomic E-state index is 9.82. The Hall–Kier alpha value is -0.860. The van der Waals surface area contributed by atoms with Crippen molar-refractivity contribution >= 4 is 0 Å². The summed E-state index contributed by atoms with van der Waals surface area (Å²) in [6, 6.07) is 8.20. The van der Waals surface area contributed by atoms with Crippen LogP contribution in [0, 0.1) is 12.8 Å². The van der Waals surface area contributed by atoms with E-state index in [0.717, 1.165) is 12.0 Å². The van der Waals surface area contributed by atoms with E-state index in [0.29, 0.717) is 5.92 Å². The van der Waals surface area contributed by atoms with Gasteiger partial charge in [-0.25, -0.2) is 0 Å². The molecule has 2 N–H and O–H groups in total. The normalized spacial score (nSPS) is 17.3. The van der Waals surface area contributed by atoms with Gasteiger partial charge in [-0.1, -0.05) is 55.5 Å². The lowest BCUT2D eigenvalue weighted by Crippen LogP contribution is -2.36. The Morgan fingerprint density at radius 3 is 2.39 bits per heavy atom. The first-order valence-corrected chi connectivity index (χ1v) is 6.99. The molecule has 0 bridgehead atoms. The zero-order chi connectivity index (χ0) is 13.0. The molecule has 1 aromatic carbocycles. The van der Waals surface area contributed by atoms with E-state index in [4.69, 9.17) is 0 Å². The van der Waals surface area contributed by atoms with Crippen LogP contribution < -0.4 is 0 Å². The van der Waals surface area contributed by atoms with Gasteiger partial charge in [0.1, 0.15) is 0 Å². The fourth-order valence-corrected chi connectivity index (χ4v) is 3.22. The largest absolute Gasteiger partial charge is 0.395 e. The van der Waals surface area contributed by atoms with Crippen molar-refractivity contribution in [3.8, 4) is 0 Å². The summed E-state index contributed by atoms with van der Waals surface area (Å²) < 4.78 is 0. The minimum atomic E-state index is -0.457. The average Bonchev–Trinajstić information content (AvgIpc) is 2.89. The number of hydrogen-bond acceptors (Lipinski definition) is 2. The molecule has 18 heavy (non-hydrogen) atoms. The molecule has 0 aromatic heterocycles.